The van der Waals surface area contributed by atoms with Crippen molar-refractivity contribution in [3.8, 4) is 0 Å². The van der Waals surface area contributed by atoms with E-state index in [-0.39, 0.29) is 11.6 Å². The summed E-state index contributed by atoms with van der Waals surface area (Å²) in [6, 6.07) is 4.41. The van der Waals surface area contributed by atoms with Gasteiger partial charge in [-0.3, -0.25) is 10.3 Å². The van der Waals surface area contributed by atoms with E-state index < -0.39 is 12.0 Å². The van der Waals surface area contributed by atoms with Crippen LogP contribution in [0.4, 0.5) is 9.80 Å². The Morgan fingerprint density at radius 2 is 2.20 bits per heavy atom. The number of urea groups is 1. The molecule has 0 saturated carbocycles. The second-order valence-electron chi connectivity index (χ2n) is 4.08. The van der Waals surface area contributed by atoms with Crippen LogP contribution in [0.5, 0.6) is 0 Å². The van der Waals surface area contributed by atoms with E-state index in [1.807, 2.05) is 13.0 Å². The molecule has 2 amide bonds. The van der Waals surface area contributed by atoms with E-state index >= 15 is 0 Å². The van der Waals surface area contributed by atoms with Crippen molar-refractivity contribution in [1.29, 1.82) is 0 Å². The van der Waals surface area contributed by atoms with Crippen molar-refractivity contribution in [3.05, 3.63) is 47.1 Å². The van der Waals surface area contributed by atoms with Crippen molar-refractivity contribution in [2.45, 2.75) is 13.0 Å². The summed E-state index contributed by atoms with van der Waals surface area (Å²) in [5, 5.41) is 16.1. The summed E-state index contributed by atoms with van der Waals surface area (Å²) < 4.78 is 0. The lowest BCUT2D eigenvalue weighted by Gasteiger charge is -2.14. The minimum absolute atomic E-state index is 0.0826. The van der Waals surface area contributed by atoms with Crippen LogP contribution in [0.25, 0.3) is 0 Å². The number of pyridine rings is 1. The summed E-state index contributed by atoms with van der Waals surface area (Å²) in [5.74, 6) is -1.07. The van der Waals surface area contributed by atoms with E-state index in [4.69, 9.17) is 5.11 Å². The van der Waals surface area contributed by atoms with Gasteiger partial charge >= 0.3 is 12.0 Å². The van der Waals surface area contributed by atoms with Crippen molar-refractivity contribution in [2.75, 3.05) is 5.32 Å². The van der Waals surface area contributed by atoms with E-state index in [1.165, 1.54) is 6.07 Å². The Labute approximate surface area is 119 Å². The van der Waals surface area contributed by atoms with E-state index in [9.17, 15) is 9.59 Å². The van der Waals surface area contributed by atoms with Gasteiger partial charge in [0.25, 0.3) is 0 Å². The standard InChI is InChI=1S/C13H13N3O3S/c1-8(9-3-2-5-14-7-9)15-13(19)16-11-10(12(17)18)4-6-20-11/h2-8H,1H3,(H,17,18)(H2,15,16,19). The number of aromatic nitrogens is 1. The van der Waals surface area contributed by atoms with Gasteiger partial charge in [-0.05, 0) is 30.0 Å². The molecule has 0 aliphatic rings. The Morgan fingerprint density at radius 3 is 2.85 bits per heavy atom. The maximum absolute atomic E-state index is 11.8. The van der Waals surface area contributed by atoms with Crippen LogP contribution >= 0.6 is 11.3 Å². The number of hydrogen-bond acceptors (Lipinski definition) is 4. The van der Waals surface area contributed by atoms with Crippen LogP contribution in [-0.4, -0.2) is 22.1 Å². The molecule has 1 atom stereocenters. The third kappa shape index (κ3) is 3.33. The number of carbonyl (C=O) groups excluding carboxylic acids is 1. The van der Waals surface area contributed by atoms with Gasteiger partial charge < -0.3 is 10.4 Å². The van der Waals surface area contributed by atoms with Crippen molar-refractivity contribution in [1.82, 2.24) is 10.3 Å². The lowest BCUT2D eigenvalue weighted by Crippen LogP contribution is -2.31. The number of aromatic carboxylic acids is 1. The zero-order valence-electron chi connectivity index (χ0n) is 10.7. The highest BCUT2D eigenvalue weighted by atomic mass is 32.1. The number of carboxylic acid groups (broad SMARTS) is 1. The highest BCUT2D eigenvalue weighted by molar-refractivity contribution is 7.14. The Morgan fingerprint density at radius 1 is 1.40 bits per heavy atom. The molecule has 0 fully saturated rings. The molecule has 2 aromatic rings. The molecule has 2 rings (SSSR count). The molecule has 3 N–H and O–H groups in total. The number of nitrogens with zero attached hydrogens (tertiary/aromatic N) is 1. The molecule has 0 saturated heterocycles. The first-order valence-electron chi connectivity index (χ1n) is 5.86. The van der Waals surface area contributed by atoms with E-state index in [2.05, 4.69) is 15.6 Å². The smallest absolute Gasteiger partial charge is 0.338 e. The van der Waals surface area contributed by atoms with Crippen LogP contribution in [0.2, 0.25) is 0 Å². The number of anilines is 1. The SMILES string of the molecule is CC(NC(=O)Nc1sccc1C(=O)O)c1cccnc1. The molecular formula is C13H13N3O3S. The predicted molar refractivity (Wildman–Crippen MR) is 76.1 cm³/mol. The van der Waals surface area contributed by atoms with Crippen LogP contribution in [-0.2, 0) is 0 Å². The highest BCUT2D eigenvalue weighted by Crippen LogP contribution is 2.23. The largest absolute Gasteiger partial charge is 0.478 e. The molecule has 2 heterocycles. The van der Waals surface area contributed by atoms with Gasteiger partial charge in [-0.25, -0.2) is 9.59 Å². The first kappa shape index (κ1) is 14.0. The summed E-state index contributed by atoms with van der Waals surface area (Å²) >= 11 is 1.16. The zero-order chi connectivity index (χ0) is 14.5. The van der Waals surface area contributed by atoms with Crippen LogP contribution in [0.3, 0.4) is 0 Å². The maximum Gasteiger partial charge on any atom is 0.338 e. The zero-order valence-corrected chi connectivity index (χ0v) is 11.5. The quantitative estimate of drug-likeness (QED) is 0.807. The number of carboxylic acids is 1. The summed E-state index contributed by atoms with van der Waals surface area (Å²) in [6.07, 6.45) is 3.32. The normalized spacial score (nSPS) is 11.7. The summed E-state index contributed by atoms with van der Waals surface area (Å²) in [4.78, 5) is 26.8. The molecule has 7 heteroatoms. The van der Waals surface area contributed by atoms with Crippen LogP contribution in [0.15, 0.2) is 36.0 Å². The number of thiophene rings is 1. The van der Waals surface area contributed by atoms with Gasteiger partial charge in [0.15, 0.2) is 0 Å². The molecule has 0 aromatic carbocycles. The molecule has 0 aliphatic carbocycles. The van der Waals surface area contributed by atoms with Crippen LogP contribution in [0.1, 0.15) is 28.9 Å². The molecule has 2 aromatic heterocycles. The van der Waals surface area contributed by atoms with Gasteiger partial charge in [-0.15, -0.1) is 11.3 Å². The molecular weight excluding hydrogens is 278 g/mol. The van der Waals surface area contributed by atoms with E-state index in [1.54, 1.807) is 23.8 Å². The number of amides is 2. The molecule has 6 nitrogen and oxygen atoms in total. The second kappa shape index (κ2) is 6.16. The molecule has 0 aliphatic heterocycles. The number of carbonyl (C=O) groups is 2. The minimum atomic E-state index is -1.07. The van der Waals surface area contributed by atoms with Crippen molar-refractivity contribution in [3.63, 3.8) is 0 Å². The van der Waals surface area contributed by atoms with E-state index in [0.29, 0.717) is 5.00 Å². The number of nitrogens with one attached hydrogen (secondary N) is 2. The minimum Gasteiger partial charge on any atom is -0.478 e. The van der Waals surface area contributed by atoms with Crippen molar-refractivity contribution < 1.29 is 14.7 Å². The summed E-state index contributed by atoms with van der Waals surface area (Å²) in [5.41, 5.74) is 0.950. The Hall–Kier alpha value is -2.41. The van der Waals surface area contributed by atoms with Crippen molar-refractivity contribution in [2.24, 2.45) is 0 Å². The molecule has 0 radical (unpaired) electrons. The molecule has 104 valence electrons. The third-order valence-electron chi connectivity index (χ3n) is 2.65. The van der Waals surface area contributed by atoms with Gasteiger partial charge in [-0.1, -0.05) is 6.07 Å². The molecule has 20 heavy (non-hydrogen) atoms. The van der Waals surface area contributed by atoms with Gasteiger partial charge in [0, 0.05) is 12.4 Å². The fourth-order valence-electron chi connectivity index (χ4n) is 1.63. The number of rotatable bonds is 4. The Balaban J connectivity index is 1.99. The van der Waals surface area contributed by atoms with E-state index in [0.717, 1.165) is 16.9 Å². The molecule has 0 spiro atoms. The van der Waals surface area contributed by atoms with Crippen LogP contribution < -0.4 is 10.6 Å². The second-order valence-corrected chi connectivity index (χ2v) is 4.99. The topological polar surface area (TPSA) is 91.3 Å². The van der Waals surface area contributed by atoms with Gasteiger partial charge in [0.2, 0.25) is 0 Å². The predicted octanol–water partition coefficient (Wildman–Crippen LogP) is 2.72. The molecule has 0 bridgehead atoms. The molecule has 1 unspecified atom stereocenters. The fraction of sp³-hybridized carbons (Fsp3) is 0.154. The average molecular weight is 291 g/mol. The summed E-state index contributed by atoms with van der Waals surface area (Å²) in [6.45, 7) is 1.82. The first-order chi connectivity index (χ1) is 9.58. The first-order valence-corrected chi connectivity index (χ1v) is 6.74. The Kier molecular flexibility index (Phi) is 4.31. The maximum atomic E-state index is 11.8. The lowest BCUT2D eigenvalue weighted by molar-refractivity contribution is 0.0698. The number of hydrogen-bond donors (Lipinski definition) is 3. The van der Waals surface area contributed by atoms with Gasteiger partial charge in [-0.2, -0.15) is 0 Å². The van der Waals surface area contributed by atoms with Gasteiger partial charge in [0.05, 0.1) is 11.6 Å². The fourth-order valence-corrected chi connectivity index (χ4v) is 2.40. The third-order valence-corrected chi connectivity index (χ3v) is 3.48. The van der Waals surface area contributed by atoms with Crippen LogP contribution in [0, 0.1) is 0 Å². The Bertz CT molecular complexity index is 612. The average Bonchev–Trinajstić information content (AvgIpc) is 2.87. The highest BCUT2D eigenvalue weighted by Gasteiger charge is 2.15. The summed E-state index contributed by atoms with van der Waals surface area (Å²) in [7, 11) is 0. The lowest BCUT2D eigenvalue weighted by atomic mass is 10.1. The monoisotopic (exact) mass is 291 g/mol. The van der Waals surface area contributed by atoms with Crippen molar-refractivity contribution >= 4 is 28.3 Å². The van der Waals surface area contributed by atoms with Gasteiger partial charge in [0.1, 0.15) is 5.00 Å².